The topological polar surface area (TPSA) is 53.6 Å². The van der Waals surface area contributed by atoms with Gasteiger partial charge in [-0.25, -0.2) is 4.98 Å². The summed E-state index contributed by atoms with van der Waals surface area (Å²) in [5, 5.41) is 10.1. The number of hydrogen-bond donors (Lipinski definition) is 2. The first-order chi connectivity index (χ1) is 6.86. The molecule has 0 unspecified atom stereocenters. The highest BCUT2D eigenvalue weighted by atomic mass is 15.1. The van der Waals surface area contributed by atoms with E-state index in [0.29, 0.717) is 0 Å². The number of aryl methyl sites for hydroxylation is 1. The molecular formula is C10H12N4. The molecule has 2 N–H and O–H groups in total. The van der Waals surface area contributed by atoms with Crippen LogP contribution in [0.25, 0.3) is 0 Å². The Hall–Kier alpha value is -1.84. The monoisotopic (exact) mass is 188 g/mol. The molecule has 0 aliphatic heterocycles. The number of pyridine rings is 1. The summed E-state index contributed by atoms with van der Waals surface area (Å²) >= 11 is 0. The molecule has 2 heterocycles. The van der Waals surface area contributed by atoms with Crippen LogP contribution < -0.4 is 5.32 Å². The summed E-state index contributed by atoms with van der Waals surface area (Å²) in [4.78, 5) is 4.17. The van der Waals surface area contributed by atoms with Crippen LogP contribution in [0.5, 0.6) is 0 Å². The Labute approximate surface area is 82.4 Å². The van der Waals surface area contributed by atoms with E-state index in [9.17, 15) is 0 Å². The lowest BCUT2D eigenvalue weighted by atomic mass is 10.2. The third-order valence-electron chi connectivity index (χ3n) is 2.06. The first-order valence-electron chi connectivity index (χ1n) is 4.50. The van der Waals surface area contributed by atoms with Crippen molar-refractivity contribution in [3.05, 3.63) is 41.9 Å². The van der Waals surface area contributed by atoms with Crippen molar-refractivity contribution in [2.24, 2.45) is 0 Å². The minimum absolute atomic E-state index is 0.749. The number of nitrogens with zero attached hydrogens (tertiary/aromatic N) is 2. The van der Waals surface area contributed by atoms with E-state index < -0.39 is 0 Å². The fourth-order valence-corrected chi connectivity index (χ4v) is 1.21. The van der Waals surface area contributed by atoms with Gasteiger partial charge >= 0.3 is 0 Å². The van der Waals surface area contributed by atoms with Crippen molar-refractivity contribution >= 4 is 5.82 Å². The number of hydrogen-bond acceptors (Lipinski definition) is 3. The van der Waals surface area contributed by atoms with Gasteiger partial charge in [0.15, 0.2) is 0 Å². The average Bonchev–Trinajstić information content (AvgIpc) is 2.63. The second kappa shape index (κ2) is 3.91. The summed E-state index contributed by atoms with van der Waals surface area (Å²) in [6.07, 6.45) is 3.59. The zero-order chi connectivity index (χ0) is 9.80. The van der Waals surface area contributed by atoms with Gasteiger partial charge in [0.25, 0.3) is 0 Å². The van der Waals surface area contributed by atoms with Gasteiger partial charge in [-0.1, -0.05) is 6.07 Å². The first kappa shape index (κ1) is 8.74. The van der Waals surface area contributed by atoms with Crippen LogP contribution >= 0.6 is 0 Å². The van der Waals surface area contributed by atoms with Crippen LogP contribution in [0.3, 0.4) is 0 Å². The Morgan fingerprint density at radius 1 is 1.43 bits per heavy atom. The zero-order valence-corrected chi connectivity index (χ0v) is 7.99. The molecule has 0 aliphatic rings. The lowest BCUT2D eigenvalue weighted by Crippen LogP contribution is -2.00. The number of nitrogens with one attached hydrogen (secondary N) is 2. The van der Waals surface area contributed by atoms with E-state index in [1.54, 1.807) is 6.20 Å². The standard InChI is InChI=1S/C10H12N4/c1-8-9(7-13-14-8)6-12-10-4-2-3-5-11-10/h2-5,7H,6H2,1H3,(H,11,12)(H,13,14). The molecule has 0 spiro atoms. The molecule has 2 rings (SSSR count). The van der Waals surface area contributed by atoms with Gasteiger partial charge in [0.2, 0.25) is 0 Å². The van der Waals surface area contributed by atoms with Gasteiger partial charge < -0.3 is 5.32 Å². The van der Waals surface area contributed by atoms with E-state index in [1.165, 1.54) is 0 Å². The summed E-state index contributed by atoms with van der Waals surface area (Å²) in [5.41, 5.74) is 2.25. The Kier molecular flexibility index (Phi) is 2.44. The summed E-state index contributed by atoms with van der Waals surface area (Å²) in [6, 6.07) is 5.79. The average molecular weight is 188 g/mol. The molecule has 0 radical (unpaired) electrons. The van der Waals surface area contributed by atoms with Crippen LogP contribution in [-0.4, -0.2) is 15.2 Å². The van der Waals surface area contributed by atoms with Crippen molar-refractivity contribution in [2.45, 2.75) is 13.5 Å². The molecule has 0 amide bonds. The van der Waals surface area contributed by atoms with E-state index in [0.717, 1.165) is 23.6 Å². The van der Waals surface area contributed by atoms with Crippen LogP contribution in [0.15, 0.2) is 30.6 Å². The number of anilines is 1. The lowest BCUT2D eigenvalue weighted by molar-refractivity contribution is 1.04. The summed E-state index contributed by atoms with van der Waals surface area (Å²) in [7, 11) is 0. The van der Waals surface area contributed by atoms with Crippen LogP contribution in [0.4, 0.5) is 5.82 Å². The van der Waals surface area contributed by atoms with Crippen LogP contribution in [0.1, 0.15) is 11.3 Å². The number of aromatic amines is 1. The predicted molar refractivity (Wildman–Crippen MR) is 54.9 cm³/mol. The van der Waals surface area contributed by atoms with Crippen molar-refractivity contribution in [2.75, 3.05) is 5.32 Å². The molecule has 0 saturated carbocycles. The maximum atomic E-state index is 4.17. The quantitative estimate of drug-likeness (QED) is 0.771. The van der Waals surface area contributed by atoms with Crippen LogP contribution in [0.2, 0.25) is 0 Å². The second-order valence-electron chi connectivity index (χ2n) is 3.09. The predicted octanol–water partition coefficient (Wildman–Crippen LogP) is 1.73. The molecule has 14 heavy (non-hydrogen) atoms. The largest absolute Gasteiger partial charge is 0.366 e. The van der Waals surface area contributed by atoms with Gasteiger partial charge in [0.05, 0.1) is 6.20 Å². The first-order valence-corrected chi connectivity index (χ1v) is 4.50. The third kappa shape index (κ3) is 1.90. The molecule has 2 aromatic heterocycles. The maximum absolute atomic E-state index is 4.17. The molecule has 0 saturated heterocycles. The summed E-state index contributed by atoms with van der Waals surface area (Å²) in [6.45, 7) is 2.75. The zero-order valence-electron chi connectivity index (χ0n) is 7.99. The van der Waals surface area contributed by atoms with Crippen molar-refractivity contribution in [1.29, 1.82) is 0 Å². The Morgan fingerprint density at radius 2 is 2.36 bits per heavy atom. The molecule has 4 nitrogen and oxygen atoms in total. The lowest BCUT2D eigenvalue weighted by Gasteiger charge is -2.03. The molecule has 0 aromatic carbocycles. The highest BCUT2D eigenvalue weighted by Gasteiger charge is 1.99. The van der Waals surface area contributed by atoms with Crippen molar-refractivity contribution in [1.82, 2.24) is 15.2 Å². The van der Waals surface area contributed by atoms with Gasteiger partial charge in [-0.05, 0) is 19.1 Å². The highest BCUT2D eigenvalue weighted by molar-refractivity contribution is 5.34. The maximum Gasteiger partial charge on any atom is 0.126 e. The van der Waals surface area contributed by atoms with Crippen molar-refractivity contribution < 1.29 is 0 Å². The molecule has 0 atom stereocenters. The van der Waals surface area contributed by atoms with Crippen molar-refractivity contribution in [3.8, 4) is 0 Å². The SMILES string of the molecule is Cc1[nH]ncc1CNc1ccccn1. The molecule has 0 fully saturated rings. The van der Waals surface area contributed by atoms with E-state index in [2.05, 4.69) is 20.5 Å². The van der Waals surface area contributed by atoms with Gasteiger partial charge in [-0.2, -0.15) is 5.10 Å². The molecule has 4 heteroatoms. The second-order valence-corrected chi connectivity index (χ2v) is 3.09. The van der Waals surface area contributed by atoms with E-state index in [-0.39, 0.29) is 0 Å². The number of rotatable bonds is 3. The Morgan fingerprint density at radius 3 is 3.00 bits per heavy atom. The molecular weight excluding hydrogens is 176 g/mol. The normalized spacial score (nSPS) is 10.1. The molecule has 2 aromatic rings. The highest BCUT2D eigenvalue weighted by Crippen LogP contribution is 2.06. The smallest absolute Gasteiger partial charge is 0.126 e. The van der Waals surface area contributed by atoms with Gasteiger partial charge in [-0.15, -0.1) is 0 Å². The minimum atomic E-state index is 0.749. The number of aromatic nitrogens is 3. The summed E-state index contributed by atoms with van der Waals surface area (Å²) < 4.78 is 0. The Bertz CT molecular complexity index is 394. The van der Waals surface area contributed by atoms with E-state index in [4.69, 9.17) is 0 Å². The molecule has 72 valence electrons. The minimum Gasteiger partial charge on any atom is -0.366 e. The fourth-order valence-electron chi connectivity index (χ4n) is 1.21. The third-order valence-corrected chi connectivity index (χ3v) is 2.06. The molecule has 0 aliphatic carbocycles. The van der Waals surface area contributed by atoms with Gasteiger partial charge in [0.1, 0.15) is 5.82 Å². The molecule has 0 bridgehead atoms. The van der Waals surface area contributed by atoms with Gasteiger partial charge in [0, 0.05) is 24.0 Å². The fraction of sp³-hybridized carbons (Fsp3) is 0.200. The van der Waals surface area contributed by atoms with Crippen LogP contribution in [-0.2, 0) is 6.54 Å². The van der Waals surface area contributed by atoms with Crippen LogP contribution in [0, 0.1) is 6.92 Å². The number of H-pyrrole nitrogens is 1. The Balaban J connectivity index is 1.99. The van der Waals surface area contributed by atoms with E-state index in [1.807, 2.05) is 31.3 Å². The van der Waals surface area contributed by atoms with Crippen molar-refractivity contribution in [3.63, 3.8) is 0 Å². The van der Waals surface area contributed by atoms with E-state index >= 15 is 0 Å². The van der Waals surface area contributed by atoms with Gasteiger partial charge in [-0.3, -0.25) is 5.10 Å². The summed E-state index contributed by atoms with van der Waals surface area (Å²) in [5.74, 6) is 0.883.